The number of hydrogen-bond donors (Lipinski definition) is 0. The average molecular weight is 154 g/mol. The highest BCUT2D eigenvalue weighted by molar-refractivity contribution is 4.95. The van der Waals surface area contributed by atoms with Crippen molar-refractivity contribution < 1.29 is 4.74 Å². The van der Waals surface area contributed by atoms with E-state index in [-0.39, 0.29) is 5.60 Å². The van der Waals surface area contributed by atoms with Crippen LogP contribution >= 0.6 is 0 Å². The van der Waals surface area contributed by atoms with Gasteiger partial charge in [-0.25, -0.2) is 0 Å². The molecule has 0 aliphatic carbocycles. The minimum Gasteiger partial charge on any atom is -0.367 e. The zero-order valence-electron chi connectivity index (χ0n) is 7.76. The first kappa shape index (κ1) is 8.79. The molecule has 1 aliphatic heterocycles. The molecule has 1 aliphatic rings. The SMILES string of the molecule is C=C[C@@H](C)CCC1OC1(C)C. The molecular formula is C10H18O. The van der Waals surface area contributed by atoms with Crippen LogP contribution in [0.25, 0.3) is 0 Å². The Labute approximate surface area is 69.4 Å². The summed E-state index contributed by atoms with van der Waals surface area (Å²) in [5, 5.41) is 0. The molecule has 1 rings (SSSR count). The fourth-order valence-electron chi connectivity index (χ4n) is 1.27. The summed E-state index contributed by atoms with van der Waals surface area (Å²) < 4.78 is 5.46. The van der Waals surface area contributed by atoms with Gasteiger partial charge in [-0.15, -0.1) is 6.58 Å². The Balaban J connectivity index is 2.10. The van der Waals surface area contributed by atoms with Crippen molar-refractivity contribution in [3.05, 3.63) is 12.7 Å². The normalized spacial score (nSPS) is 29.5. The molecule has 1 heteroatoms. The molecule has 0 aromatic carbocycles. The van der Waals surface area contributed by atoms with Gasteiger partial charge in [-0.05, 0) is 32.6 Å². The van der Waals surface area contributed by atoms with Crippen LogP contribution in [0.4, 0.5) is 0 Å². The van der Waals surface area contributed by atoms with Crippen molar-refractivity contribution in [1.29, 1.82) is 0 Å². The van der Waals surface area contributed by atoms with Crippen LogP contribution < -0.4 is 0 Å². The van der Waals surface area contributed by atoms with Crippen LogP contribution in [-0.4, -0.2) is 11.7 Å². The Morgan fingerprint density at radius 1 is 1.64 bits per heavy atom. The number of epoxide rings is 1. The lowest BCUT2D eigenvalue weighted by Crippen LogP contribution is -2.04. The van der Waals surface area contributed by atoms with Crippen molar-refractivity contribution >= 4 is 0 Å². The lowest BCUT2D eigenvalue weighted by atomic mass is 10.00. The minimum atomic E-state index is 0.168. The second kappa shape index (κ2) is 2.98. The van der Waals surface area contributed by atoms with Crippen LogP contribution in [0.3, 0.4) is 0 Å². The van der Waals surface area contributed by atoms with Gasteiger partial charge < -0.3 is 4.74 Å². The van der Waals surface area contributed by atoms with Crippen molar-refractivity contribution in [2.45, 2.75) is 45.3 Å². The summed E-state index contributed by atoms with van der Waals surface area (Å²) in [4.78, 5) is 0. The molecule has 0 amide bonds. The van der Waals surface area contributed by atoms with Crippen molar-refractivity contribution in [2.24, 2.45) is 5.92 Å². The monoisotopic (exact) mass is 154 g/mol. The Morgan fingerprint density at radius 3 is 2.55 bits per heavy atom. The van der Waals surface area contributed by atoms with E-state index in [1.165, 1.54) is 12.8 Å². The van der Waals surface area contributed by atoms with Crippen LogP contribution in [0.1, 0.15) is 33.6 Å². The zero-order chi connectivity index (χ0) is 8.48. The summed E-state index contributed by atoms with van der Waals surface area (Å²) in [7, 11) is 0. The molecule has 0 N–H and O–H groups in total. The topological polar surface area (TPSA) is 12.5 Å². The standard InChI is InChI=1S/C10H18O/c1-5-8(2)6-7-9-10(3,4)11-9/h5,8-9H,1,6-7H2,2-4H3/t8-,9?/m1/s1. The molecule has 0 saturated carbocycles. The lowest BCUT2D eigenvalue weighted by molar-refractivity contribution is 0.316. The van der Waals surface area contributed by atoms with E-state index >= 15 is 0 Å². The Bertz CT molecular complexity index is 149. The van der Waals surface area contributed by atoms with Gasteiger partial charge in [0.05, 0.1) is 11.7 Å². The Morgan fingerprint density at radius 2 is 2.18 bits per heavy atom. The molecule has 1 heterocycles. The fraction of sp³-hybridized carbons (Fsp3) is 0.800. The molecule has 0 bridgehead atoms. The van der Waals surface area contributed by atoms with E-state index in [9.17, 15) is 0 Å². The quantitative estimate of drug-likeness (QED) is 0.448. The molecule has 2 atom stereocenters. The van der Waals surface area contributed by atoms with Crippen LogP contribution in [-0.2, 0) is 4.74 Å². The number of hydrogen-bond acceptors (Lipinski definition) is 1. The van der Waals surface area contributed by atoms with E-state index in [1.807, 2.05) is 6.08 Å². The smallest absolute Gasteiger partial charge is 0.0892 e. The second-order valence-corrected chi connectivity index (χ2v) is 4.00. The predicted octanol–water partition coefficient (Wildman–Crippen LogP) is 2.77. The second-order valence-electron chi connectivity index (χ2n) is 4.00. The van der Waals surface area contributed by atoms with Gasteiger partial charge in [0.15, 0.2) is 0 Å². The molecule has 0 radical (unpaired) electrons. The summed E-state index contributed by atoms with van der Waals surface area (Å²) in [6.45, 7) is 10.2. The summed E-state index contributed by atoms with van der Waals surface area (Å²) >= 11 is 0. The third-order valence-electron chi connectivity index (χ3n) is 2.45. The molecule has 0 spiro atoms. The maximum absolute atomic E-state index is 5.46. The van der Waals surface area contributed by atoms with E-state index in [4.69, 9.17) is 4.74 Å². The molecular weight excluding hydrogens is 136 g/mol. The average Bonchev–Trinajstić information content (AvgIpc) is 2.54. The maximum atomic E-state index is 5.46. The van der Waals surface area contributed by atoms with Gasteiger partial charge in [0, 0.05) is 0 Å². The summed E-state index contributed by atoms with van der Waals surface area (Å²) in [5.74, 6) is 0.634. The Hall–Kier alpha value is -0.300. The van der Waals surface area contributed by atoms with Crippen LogP contribution in [0, 0.1) is 5.92 Å². The molecule has 0 aromatic heterocycles. The number of ether oxygens (including phenoxy) is 1. The molecule has 0 aromatic rings. The summed E-state index contributed by atoms with van der Waals surface area (Å²) in [6.07, 6.45) is 4.90. The van der Waals surface area contributed by atoms with Gasteiger partial charge in [-0.3, -0.25) is 0 Å². The van der Waals surface area contributed by atoms with E-state index in [0.29, 0.717) is 12.0 Å². The van der Waals surface area contributed by atoms with E-state index < -0.39 is 0 Å². The van der Waals surface area contributed by atoms with E-state index in [2.05, 4.69) is 27.4 Å². The van der Waals surface area contributed by atoms with E-state index in [0.717, 1.165) is 0 Å². The first-order valence-corrected chi connectivity index (χ1v) is 4.36. The molecule has 1 fully saturated rings. The van der Waals surface area contributed by atoms with Crippen LogP contribution in [0.15, 0.2) is 12.7 Å². The molecule has 64 valence electrons. The zero-order valence-corrected chi connectivity index (χ0v) is 7.76. The van der Waals surface area contributed by atoms with Gasteiger partial charge in [-0.2, -0.15) is 0 Å². The molecule has 1 unspecified atom stereocenters. The van der Waals surface area contributed by atoms with Gasteiger partial charge in [0.1, 0.15) is 0 Å². The summed E-state index contributed by atoms with van der Waals surface area (Å²) in [5.41, 5.74) is 0.168. The van der Waals surface area contributed by atoms with Gasteiger partial charge >= 0.3 is 0 Å². The van der Waals surface area contributed by atoms with Crippen LogP contribution in [0.2, 0.25) is 0 Å². The first-order valence-electron chi connectivity index (χ1n) is 4.36. The molecule has 11 heavy (non-hydrogen) atoms. The van der Waals surface area contributed by atoms with E-state index in [1.54, 1.807) is 0 Å². The third-order valence-corrected chi connectivity index (χ3v) is 2.45. The van der Waals surface area contributed by atoms with Gasteiger partial charge in [0.2, 0.25) is 0 Å². The first-order chi connectivity index (χ1) is 5.06. The Kier molecular flexibility index (Phi) is 2.38. The number of allylic oxidation sites excluding steroid dienone is 1. The van der Waals surface area contributed by atoms with Gasteiger partial charge in [0.25, 0.3) is 0 Å². The van der Waals surface area contributed by atoms with Crippen molar-refractivity contribution in [3.63, 3.8) is 0 Å². The van der Waals surface area contributed by atoms with Crippen molar-refractivity contribution in [3.8, 4) is 0 Å². The highest BCUT2D eigenvalue weighted by Crippen LogP contribution is 2.38. The highest BCUT2D eigenvalue weighted by Gasteiger charge is 2.46. The predicted molar refractivity (Wildman–Crippen MR) is 47.5 cm³/mol. The third kappa shape index (κ3) is 2.33. The van der Waals surface area contributed by atoms with Crippen molar-refractivity contribution in [1.82, 2.24) is 0 Å². The lowest BCUT2D eigenvalue weighted by Gasteiger charge is -2.02. The maximum Gasteiger partial charge on any atom is 0.0892 e. The fourth-order valence-corrected chi connectivity index (χ4v) is 1.27. The molecule has 1 saturated heterocycles. The van der Waals surface area contributed by atoms with Crippen LogP contribution in [0.5, 0.6) is 0 Å². The largest absolute Gasteiger partial charge is 0.367 e. The minimum absolute atomic E-state index is 0.168. The van der Waals surface area contributed by atoms with Crippen molar-refractivity contribution in [2.75, 3.05) is 0 Å². The molecule has 1 nitrogen and oxygen atoms in total. The summed E-state index contributed by atoms with van der Waals surface area (Å²) in [6, 6.07) is 0. The highest BCUT2D eigenvalue weighted by atomic mass is 16.6. The van der Waals surface area contributed by atoms with Gasteiger partial charge in [-0.1, -0.05) is 13.0 Å². The number of rotatable bonds is 4.